The third-order valence-corrected chi connectivity index (χ3v) is 2.98. The lowest BCUT2D eigenvalue weighted by atomic mass is 10.2. The Morgan fingerprint density at radius 3 is 2.75 bits per heavy atom. The first-order valence-electron chi connectivity index (χ1n) is 6.05. The molecule has 2 aromatic carbocycles. The van der Waals surface area contributed by atoms with Crippen LogP contribution in [-0.4, -0.2) is 6.54 Å². The average molecular weight is 290 g/mol. The molecule has 2 N–H and O–H groups in total. The van der Waals surface area contributed by atoms with Gasteiger partial charge in [-0.25, -0.2) is 4.39 Å². The fourth-order valence-corrected chi connectivity index (χ4v) is 1.81. The molecule has 0 aliphatic rings. The number of benzene rings is 2. The number of ether oxygens (including phenoxy) is 1. The predicted octanol–water partition coefficient (Wildman–Crippen LogP) is 3.37. The molecular weight excluding hydrogens is 277 g/mol. The molecule has 0 aromatic heterocycles. The van der Waals surface area contributed by atoms with E-state index in [0.29, 0.717) is 10.6 Å². The van der Waals surface area contributed by atoms with Crippen LogP contribution in [0.5, 0.6) is 5.75 Å². The molecule has 2 aromatic rings. The Kier molecular flexibility index (Phi) is 5.00. The largest absolute Gasteiger partial charge is 0.486 e. The molecule has 0 aliphatic carbocycles. The third-order valence-electron chi connectivity index (χ3n) is 2.61. The molecule has 2 rings (SSSR count). The Morgan fingerprint density at radius 1 is 1.20 bits per heavy atom. The number of hydrogen-bond donors (Lipinski definition) is 1. The van der Waals surface area contributed by atoms with Crippen LogP contribution in [-0.2, 0) is 6.61 Å². The summed E-state index contributed by atoms with van der Waals surface area (Å²) in [6.07, 6.45) is 0. The second-order valence-electron chi connectivity index (χ2n) is 4.03. The Bertz CT molecular complexity index is 661. The molecule has 0 saturated carbocycles. The first-order chi connectivity index (χ1) is 9.70. The number of halogens is 2. The van der Waals surface area contributed by atoms with Gasteiger partial charge >= 0.3 is 0 Å². The van der Waals surface area contributed by atoms with Crippen molar-refractivity contribution in [1.82, 2.24) is 0 Å². The van der Waals surface area contributed by atoms with Gasteiger partial charge in [0.15, 0.2) is 11.6 Å². The smallest absolute Gasteiger partial charge is 0.165 e. The Labute approximate surface area is 122 Å². The van der Waals surface area contributed by atoms with Crippen LogP contribution in [0.25, 0.3) is 0 Å². The second kappa shape index (κ2) is 6.95. The van der Waals surface area contributed by atoms with Crippen molar-refractivity contribution in [3.8, 4) is 17.6 Å². The van der Waals surface area contributed by atoms with Gasteiger partial charge in [0, 0.05) is 16.1 Å². The first-order valence-corrected chi connectivity index (χ1v) is 6.43. The van der Waals surface area contributed by atoms with E-state index in [-0.39, 0.29) is 18.9 Å². The van der Waals surface area contributed by atoms with Gasteiger partial charge in [0.05, 0.1) is 6.54 Å². The quantitative estimate of drug-likeness (QED) is 0.879. The zero-order chi connectivity index (χ0) is 14.4. The van der Waals surface area contributed by atoms with Gasteiger partial charge in [-0.1, -0.05) is 41.6 Å². The molecule has 0 fully saturated rings. The van der Waals surface area contributed by atoms with E-state index in [2.05, 4.69) is 11.8 Å². The number of rotatable bonds is 3. The van der Waals surface area contributed by atoms with Crippen LogP contribution in [0.1, 0.15) is 11.1 Å². The Balaban J connectivity index is 2.15. The maximum Gasteiger partial charge on any atom is 0.165 e. The van der Waals surface area contributed by atoms with Crippen LogP contribution in [0.4, 0.5) is 4.39 Å². The van der Waals surface area contributed by atoms with E-state index in [1.54, 1.807) is 18.2 Å². The highest BCUT2D eigenvalue weighted by molar-refractivity contribution is 6.31. The number of hydrogen-bond acceptors (Lipinski definition) is 2. The fraction of sp³-hybridized carbons (Fsp3) is 0.125. The lowest BCUT2D eigenvalue weighted by molar-refractivity contribution is 0.290. The van der Waals surface area contributed by atoms with E-state index in [9.17, 15) is 4.39 Å². The van der Waals surface area contributed by atoms with Gasteiger partial charge < -0.3 is 10.5 Å². The highest BCUT2D eigenvalue weighted by atomic mass is 35.5. The second-order valence-corrected chi connectivity index (χ2v) is 4.44. The molecule has 0 atom stereocenters. The SMILES string of the molecule is NCC#Cc1ccc(F)c(OCc2ccccc2Cl)c1. The standard InChI is InChI=1S/C16H13ClFNO/c17-14-6-2-1-5-13(14)11-20-16-10-12(4-3-9-19)7-8-15(16)18/h1-2,5-8,10H,9,11,19H2. The van der Waals surface area contributed by atoms with Gasteiger partial charge in [0.2, 0.25) is 0 Å². The third kappa shape index (κ3) is 3.74. The van der Waals surface area contributed by atoms with Gasteiger partial charge in [-0.15, -0.1) is 0 Å². The van der Waals surface area contributed by atoms with E-state index in [4.69, 9.17) is 22.1 Å². The maximum atomic E-state index is 13.7. The van der Waals surface area contributed by atoms with Gasteiger partial charge in [0.1, 0.15) is 6.61 Å². The van der Waals surface area contributed by atoms with Gasteiger partial charge in [-0.3, -0.25) is 0 Å². The summed E-state index contributed by atoms with van der Waals surface area (Å²) in [5, 5.41) is 0.590. The molecule has 4 heteroatoms. The summed E-state index contributed by atoms with van der Waals surface area (Å²) >= 11 is 6.02. The summed E-state index contributed by atoms with van der Waals surface area (Å²) in [6.45, 7) is 0.456. The van der Waals surface area contributed by atoms with E-state index in [1.165, 1.54) is 6.07 Å². The Morgan fingerprint density at radius 2 is 2.00 bits per heavy atom. The molecule has 20 heavy (non-hydrogen) atoms. The molecule has 0 saturated heterocycles. The predicted molar refractivity (Wildman–Crippen MR) is 78.1 cm³/mol. The van der Waals surface area contributed by atoms with Crippen LogP contribution < -0.4 is 10.5 Å². The molecule has 2 nitrogen and oxygen atoms in total. The minimum Gasteiger partial charge on any atom is -0.486 e. The fourth-order valence-electron chi connectivity index (χ4n) is 1.62. The van der Waals surface area contributed by atoms with Crippen molar-refractivity contribution >= 4 is 11.6 Å². The molecule has 0 unspecified atom stereocenters. The minimum absolute atomic E-state index is 0.147. The van der Waals surface area contributed by atoms with Crippen molar-refractivity contribution < 1.29 is 9.13 Å². The van der Waals surface area contributed by atoms with Crippen LogP contribution >= 0.6 is 11.6 Å². The van der Waals surface area contributed by atoms with Crippen molar-refractivity contribution in [2.75, 3.05) is 6.54 Å². The summed E-state index contributed by atoms with van der Waals surface area (Å²) in [4.78, 5) is 0. The molecule has 0 amide bonds. The minimum atomic E-state index is -0.435. The van der Waals surface area contributed by atoms with E-state index in [0.717, 1.165) is 5.56 Å². The van der Waals surface area contributed by atoms with Crippen LogP contribution in [0.15, 0.2) is 42.5 Å². The van der Waals surface area contributed by atoms with Crippen molar-refractivity contribution in [2.45, 2.75) is 6.61 Å². The maximum absolute atomic E-state index is 13.7. The van der Waals surface area contributed by atoms with Crippen LogP contribution in [0.3, 0.4) is 0 Å². The zero-order valence-electron chi connectivity index (χ0n) is 10.7. The lowest BCUT2D eigenvalue weighted by Gasteiger charge is -2.09. The Hall–Kier alpha value is -2.02. The van der Waals surface area contributed by atoms with Gasteiger partial charge in [-0.05, 0) is 24.3 Å². The van der Waals surface area contributed by atoms with Gasteiger partial charge in [-0.2, -0.15) is 0 Å². The molecule has 102 valence electrons. The molecule has 0 heterocycles. The zero-order valence-corrected chi connectivity index (χ0v) is 11.5. The van der Waals surface area contributed by atoms with Crippen molar-refractivity contribution in [3.63, 3.8) is 0 Å². The molecule has 0 radical (unpaired) electrons. The van der Waals surface area contributed by atoms with Crippen molar-refractivity contribution in [2.24, 2.45) is 5.73 Å². The summed E-state index contributed by atoms with van der Waals surface area (Å²) in [7, 11) is 0. The molecule has 0 bridgehead atoms. The van der Waals surface area contributed by atoms with E-state index in [1.807, 2.05) is 18.2 Å². The summed E-state index contributed by atoms with van der Waals surface area (Å²) in [6, 6.07) is 11.7. The summed E-state index contributed by atoms with van der Waals surface area (Å²) in [5.74, 6) is 5.26. The number of nitrogens with two attached hydrogens (primary N) is 1. The average Bonchev–Trinajstić information content (AvgIpc) is 2.46. The monoisotopic (exact) mass is 289 g/mol. The summed E-state index contributed by atoms with van der Waals surface area (Å²) < 4.78 is 19.1. The van der Waals surface area contributed by atoms with Crippen LogP contribution in [0, 0.1) is 17.7 Å². The highest BCUT2D eigenvalue weighted by Crippen LogP contribution is 2.22. The normalized spacial score (nSPS) is 9.75. The first kappa shape index (κ1) is 14.4. The lowest BCUT2D eigenvalue weighted by Crippen LogP contribution is -1.98. The molecular formula is C16H13ClFNO. The topological polar surface area (TPSA) is 35.2 Å². The molecule has 0 aliphatic heterocycles. The van der Waals surface area contributed by atoms with Crippen molar-refractivity contribution in [1.29, 1.82) is 0 Å². The van der Waals surface area contributed by atoms with E-state index >= 15 is 0 Å². The van der Waals surface area contributed by atoms with Gasteiger partial charge in [0.25, 0.3) is 0 Å². The van der Waals surface area contributed by atoms with E-state index < -0.39 is 5.82 Å². The van der Waals surface area contributed by atoms with Crippen molar-refractivity contribution in [3.05, 3.63) is 64.4 Å². The summed E-state index contributed by atoms with van der Waals surface area (Å²) in [5.41, 5.74) is 6.76. The highest BCUT2D eigenvalue weighted by Gasteiger charge is 2.06. The molecule has 0 spiro atoms. The van der Waals surface area contributed by atoms with Crippen LogP contribution in [0.2, 0.25) is 5.02 Å².